The summed E-state index contributed by atoms with van der Waals surface area (Å²) in [4.78, 5) is 12.4. The molecule has 2 unspecified atom stereocenters. The predicted octanol–water partition coefficient (Wildman–Crippen LogP) is 3.27. The van der Waals surface area contributed by atoms with Gasteiger partial charge in [-0.05, 0) is 43.6 Å². The maximum absolute atomic E-state index is 12.4. The fraction of sp³-hybridized carbons (Fsp3) is 0.944. The number of ether oxygens (including phenoxy) is 1. The first-order chi connectivity index (χ1) is 10.6. The van der Waals surface area contributed by atoms with Gasteiger partial charge in [0, 0.05) is 25.5 Å². The Kier molecular flexibility index (Phi) is 8.88. The van der Waals surface area contributed by atoms with Crippen LogP contribution in [0.5, 0.6) is 0 Å². The van der Waals surface area contributed by atoms with Gasteiger partial charge in [-0.2, -0.15) is 0 Å². The van der Waals surface area contributed by atoms with E-state index in [4.69, 9.17) is 10.5 Å². The van der Waals surface area contributed by atoms with E-state index in [1.165, 1.54) is 19.3 Å². The van der Waals surface area contributed by atoms with Crippen molar-refractivity contribution in [2.75, 3.05) is 19.7 Å². The molecule has 1 saturated heterocycles. The van der Waals surface area contributed by atoms with Crippen LogP contribution in [0.15, 0.2) is 0 Å². The van der Waals surface area contributed by atoms with Crippen LogP contribution in [0.3, 0.4) is 0 Å². The van der Waals surface area contributed by atoms with E-state index in [-0.39, 0.29) is 29.8 Å². The third kappa shape index (κ3) is 5.91. The molecule has 136 valence electrons. The van der Waals surface area contributed by atoms with Crippen molar-refractivity contribution in [3.63, 3.8) is 0 Å². The van der Waals surface area contributed by atoms with Crippen molar-refractivity contribution in [2.24, 2.45) is 23.0 Å². The van der Waals surface area contributed by atoms with Gasteiger partial charge in [0.2, 0.25) is 5.91 Å². The SMILES string of the molecule is CC(C)C1OCCCC1CNC(=O)CC1(CN)CCCCC1.Cl. The van der Waals surface area contributed by atoms with E-state index < -0.39 is 0 Å². The molecule has 0 spiro atoms. The lowest BCUT2D eigenvalue weighted by atomic mass is 9.71. The number of amides is 1. The van der Waals surface area contributed by atoms with Crippen LogP contribution in [-0.4, -0.2) is 31.7 Å². The molecule has 2 fully saturated rings. The molecule has 1 saturated carbocycles. The molecule has 3 N–H and O–H groups in total. The van der Waals surface area contributed by atoms with Gasteiger partial charge in [-0.1, -0.05) is 33.1 Å². The first-order valence-electron chi connectivity index (χ1n) is 9.15. The van der Waals surface area contributed by atoms with Crippen LogP contribution in [0.2, 0.25) is 0 Å². The minimum Gasteiger partial charge on any atom is -0.378 e. The van der Waals surface area contributed by atoms with Crippen molar-refractivity contribution in [3.8, 4) is 0 Å². The number of nitrogens with two attached hydrogens (primary N) is 1. The Morgan fingerprint density at radius 2 is 1.96 bits per heavy atom. The minimum atomic E-state index is 0. The highest BCUT2D eigenvalue weighted by Crippen LogP contribution is 2.38. The molecule has 1 aliphatic carbocycles. The van der Waals surface area contributed by atoms with E-state index in [1.54, 1.807) is 0 Å². The molecule has 1 aliphatic heterocycles. The van der Waals surface area contributed by atoms with Gasteiger partial charge in [-0.25, -0.2) is 0 Å². The highest BCUT2D eigenvalue weighted by Gasteiger charge is 2.34. The maximum atomic E-state index is 12.4. The van der Waals surface area contributed by atoms with E-state index in [0.717, 1.165) is 38.8 Å². The second kappa shape index (κ2) is 9.85. The van der Waals surface area contributed by atoms with Crippen molar-refractivity contribution in [1.82, 2.24) is 5.32 Å². The quantitative estimate of drug-likeness (QED) is 0.775. The second-order valence-electron chi connectivity index (χ2n) is 7.73. The Labute approximate surface area is 147 Å². The monoisotopic (exact) mass is 346 g/mol. The fourth-order valence-corrected chi connectivity index (χ4v) is 4.22. The standard InChI is InChI=1S/C18H34N2O2.ClH/c1-14(2)17-15(7-6-10-22-17)12-20-16(21)11-18(13-19)8-4-3-5-9-18;/h14-15,17H,3-13,19H2,1-2H3,(H,20,21);1H. The van der Waals surface area contributed by atoms with Crippen molar-refractivity contribution < 1.29 is 9.53 Å². The van der Waals surface area contributed by atoms with Gasteiger partial charge < -0.3 is 15.8 Å². The third-order valence-corrected chi connectivity index (χ3v) is 5.60. The third-order valence-electron chi connectivity index (χ3n) is 5.60. The van der Waals surface area contributed by atoms with Crippen LogP contribution in [0.1, 0.15) is 65.2 Å². The molecule has 2 aliphatic rings. The second-order valence-corrected chi connectivity index (χ2v) is 7.73. The molecule has 1 amide bonds. The zero-order chi connectivity index (χ0) is 16.0. The highest BCUT2D eigenvalue weighted by molar-refractivity contribution is 5.85. The van der Waals surface area contributed by atoms with Crippen LogP contribution in [0.4, 0.5) is 0 Å². The lowest BCUT2D eigenvalue weighted by Crippen LogP contribution is -2.43. The molecule has 0 aromatic rings. The molecular weight excluding hydrogens is 312 g/mol. The van der Waals surface area contributed by atoms with Crippen molar-refractivity contribution in [3.05, 3.63) is 0 Å². The topological polar surface area (TPSA) is 64.3 Å². The van der Waals surface area contributed by atoms with Crippen molar-refractivity contribution in [1.29, 1.82) is 0 Å². The van der Waals surface area contributed by atoms with E-state index in [9.17, 15) is 4.79 Å². The van der Waals surface area contributed by atoms with Gasteiger partial charge in [0.05, 0.1) is 6.10 Å². The number of carbonyl (C=O) groups excluding carboxylic acids is 1. The molecule has 0 bridgehead atoms. The largest absolute Gasteiger partial charge is 0.378 e. The summed E-state index contributed by atoms with van der Waals surface area (Å²) < 4.78 is 5.90. The van der Waals surface area contributed by atoms with E-state index >= 15 is 0 Å². The lowest BCUT2D eigenvalue weighted by Gasteiger charge is -2.37. The number of halogens is 1. The van der Waals surface area contributed by atoms with Crippen LogP contribution in [0, 0.1) is 17.3 Å². The number of carbonyl (C=O) groups is 1. The van der Waals surface area contributed by atoms with Gasteiger partial charge in [0.25, 0.3) is 0 Å². The van der Waals surface area contributed by atoms with Crippen LogP contribution in [-0.2, 0) is 9.53 Å². The first kappa shape index (κ1) is 20.7. The summed E-state index contributed by atoms with van der Waals surface area (Å²) in [5, 5.41) is 3.17. The summed E-state index contributed by atoms with van der Waals surface area (Å²) in [7, 11) is 0. The highest BCUT2D eigenvalue weighted by atomic mass is 35.5. The summed E-state index contributed by atoms with van der Waals surface area (Å²) in [6, 6.07) is 0. The molecule has 2 rings (SSSR count). The molecule has 0 aromatic heterocycles. The molecule has 5 heteroatoms. The Balaban J connectivity index is 0.00000264. The Bertz CT molecular complexity index is 357. The normalized spacial score (nSPS) is 27.3. The summed E-state index contributed by atoms with van der Waals surface area (Å²) >= 11 is 0. The Morgan fingerprint density at radius 3 is 2.57 bits per heavy atom. The van der Waals surface area contributed by atoms with E-state index in [1.807, 2.05) is 0 Å². The zero-order valence-corrected chi connectivity index (χ0v) is 15.6. The number of rotatable bonds is 6. The van der Waals surface area contributed by atoms with Gasteiger partial charge in [-0.3, -0.25) is 4.79 Å². The predicted molar refractivity (Wildman–Crippen MR) is 96.7 cm³/mol. The molecule has 2 atom stereocenters. The van der Waals surface area contributed by atoms with E-state index in [2.05, 4.69) is 19.2 Å². The maximum Gasteiger partial charge on any atom is 0.220 e. The molecule has 4 nitrogen and oxygen atoms in total. The molecule has 1 heterocycles. The lowest BCUT2D eigenvalue weighted by molar-refractivity contribution is -0.124. The summed E-state index contributed by atoms with van der Waals surface area (Å²) in [6.07, 6.45) is 9.10. The van der Waals surface area contributed by atoms with Gasteiger partial charge >= 0.3 is 0 Å². The smallest absolute Gasteiger partial charge is 0.220 e. The van der Waals surface area contributed by atoms with Gasteiger partial charge in [0.1, 0.15) is 0 Å². The number of hydrogen-bond donors (Lipinski definition) is 2. The van der Waals surface area contributed by atoms with Crippen molar-refractivity contribution >= 4 is 18.3 Å². The first-order valence-corrected chi connectivity index (χ1v) is 9.15. The Hall–Kier alpha value is -0.320. The number of nitrogens with one attached hydrogen (secondary N) is 1. The summed E-state index contributed by atoms with van der Waals surface area (Å²) in [5.41, 5.74) is 6.05. The van der Waals surface area contributed by atoms with Crippen molar-refractivity contribution in [2.45, 2.75) is 71.3 Å². The molecule has 23 heavy (non-hydrogen) atoms. The van der Waals surface area contributed by atoms with Gasteiger partial charge in [-0.15, -0.1) is 12.4 Å². The number of hydrogen-bond acceptors (Lipinski definition) is 3. The zero-order valence-electron chi connectivity index (χ0n) is 14.8. The van der Waals surface area contributed by atoms with Crippen LogP contribution >= 0.6 is 12.4 Å². The van der Waals surface area contributed by atoms with Crippen LogP contribution < -0.4 is 11.1 Å². The van der Waals surface area contributed by atoms with Crippen LogP contribution in [0.25, 0.3) is 0 Å². The average Bonchev–Trinajstić information content (AvgIpc) is 2.54. The Morgan fingerprint density at radius 1 is 1.26 bits per heavy atom. The van der Waals surface area contributed by atoms with E-state index in [0.29, 0.717) is 24.8 Å². The molecule has 0 aromatic carbocycles. The fourth-order valence-electron chi connectivity index (χ4n) is 4.22. The average molecular weight is 347 g/mol. The summed E-state index contributed by atoms with van der Waals surface area (Å²) in [6.45, 7) is 6.67. The minimum absolute atomic E-state index is 0. The molecule has 0 radical (unpaired) electrons. The summed E-state index contributed by atoms with van der Waals surface area (Å²) in [5.74, 6) is 1.15. The molecular formula is C18H35ClN2O2. The van der Waals surface area contributed by atoms with Gasteiger partial charge in [0.15, 0.2) is 0 Å².